The molecular formula is C12H10BrF2N3O. The van der Waals surface area contributed by atoms with E-state index in [0.717, 1.165) is 16.6 Å². The fraction of sp³-hybridized carbons (Fsp3) is 0.167. The van der Waals surface area contributed by atoms with Gasteiger partial charge < -0.3 is 5.32 Å². The van der Waals surface area contributed by atoms with Crippen molar-refractivity contribution in [2.45, 2.75) is 13.0 Å². The Morgan fingerprint density at radius 3 is 2.74 bits per heavy atom. The molecule has 7 heteroatoms. The summed E-state index contributed by atoms with van der Waals surface area (Å²) >= 11 is 3.23. The molecule has 19 heavy (non-hydrogen) atoms. The standard InChI is InChI=1S/C12H10BrF2N3O/c1-7(18-6-8(13)5-16-18)12(19)17-9-2-3-10(14)11(15)4-9/h2-7H,1H3,(H,17,19)/t7-/m1/s1. The van der Waals surface area contributed by atoms with E-state index in [9.17, 15) is 13.6 Å². The molecule has 0 radical (unpaired) electrons. The summed E-state index contributed by atoms with van der Waals surface area (Å²) in [5, 5.41) is 6.48. The minimum absolute atomic E-state index is 0.196. The van der Waals surface area contributed by atoms with Gasteiger partial charge in [0.2, 0.25) is 5.91 Å². The van der Waals surface area contributed by atoms with E-state index in [4.69, 9.17) is 0 Å². The fourth-order valence-electron chi connectivity index (χ4n) is 1.47. The Bertz CT molecular complexity index is 615. The summed E-state index contributed by atoms with van der Waals surface area (Å²) in [5.41, 5.74) is 0.196. The van der Waals surface area contributed by atoms with Gasteiger partial charge in [-0.25, -0.2) is 8.78 Å². The second kappa shape index (κ2) is 5.48. The number of carbonyl (C=O) groups is 1. The van der Waals surface area contributed by atoms with Crippen molar-refractivity contribution in [1.82, 2.24) is 9.78 Å². The zero-order valence-electron chi connectivity index (χ0n) is 9.90. The number of rotatable bonds is 3. The second-order valence-electron chi connectivity index (χ2n) is 3.93. The number of anilines is 1. The van der Waals surface area contributed by atoms with Gasteiger partial charge in [0, 0.05) is 18.0 Å². The highest BCUT2D eigenvalue weighted by atomic mass is 79.9. The van der Waals surface area contributed by atoms with E-state index in [1.165, 1.54) is 10.7 Å². The third kappa shape index (κ3) is 3.17. The zero-order chi connectivity index (χ0) is 14.0. The van der Waals surface area contributed by atoms with Crippen molar-refractivity contribution in [3.8, 4) is 0 Å². The molecule has 0 bridgehead atoms. The molecule has 1 N–H and O–H groups in total. The van der Waals surface area contributed by atoms with Crippen molar-refractivity contribution in [3.63, 3.8) is 0 Å². The van der Waals surface area contributed by atoms with Crippen LogP contribution in [0.2, 0.25) is 0 Å². The van der Waals surface area contributed by atoms with E-state index < -0.39 is 17.7 Å². The highest BCUT2D eigenvalue weighted by Gasteiger charge is 2.16. The van der Waals surface area contributed by atoms with Gasteiger partial charge in [0.25, 0.3) is 0 Å². The van der Waals surface area contributed by atoms with Crippen LogP contribution in [0.5, 0.6) is 0 Å². The predicted molar refractivity (Wildman–Crippen MR) is 69.6 cm³/mol. The molecule has 1 aromatic carbocycles. The normalized spacial score (nSPS) is 12.2. The van der Waals surface area contributed by atoms with E-state index in [0.29, 0.717) is 0 Å². The quantitative estimate of drug-likeness (QED) is 0.940. The number of hydrogen-bond acceptors (Lipinski definition) is 2. The van der Waals surface area contributed by atoms with Crippen LogP contribution in [0.4, 0.5) is 14.5 Å². The Hall–Kier alpha value is -1.76. The number of benzene rings is 1. The van der Waals surface area contributed by atoms with Crippen molar-refractivity contribution >= 4 is 27.5 Å². The SMILES string of the molecule is C[C@H](C(=O)Nc1ccc(F)c(F)c1)n1cc(Br)cn1. The van der Waals surface area contributed by atoms with Gasteiger partial charge in [0.05, 0.1) is 10.7 Å². The highest BCUT2D eigenvalue weighted by molar-refractivity contribution is 9.10. The minimum Gasteiger partial charge on any atom is -0.324 e. The third-order valence-electron chi connectivity index (χ3n) is 2.53. The molecule has 1 atom stereocenters. The van der Waals surface area contributed by atoms with Crippen LogP contribution >= 0.6 is 15.9 Å². The van der Waals surface area contributed by atoms with Crippen molar-refractivity contribution in [2.75, 3.05) is 5.32 Å². The maximum atomic E-state index is 13.0. The lowest BCUT2D eigenvalue weighted by molar-refractivity contribution is -0.119. The lowest BCUT2D eigenvalue weighted by Gasteiger charge is -2.12. The molecule has 100 valence electrons. The molecule has 2 rings (SSSR count). The maximum absolute atomic E-state index is 13.0. The average molecular weight is 330 g/mol. The smallest absolute Gasteiger partial charge is 0.248 e. The van der Waals surface area contributed by atoms with Crippen LogP contribution in [0.3, 0.4) is 0 Å². The van der Waals surface area contributed by atoms with E-state index in [2.05, 4.69) is 26.3 Å². The minimum atomic E-state index is -1.01. The monoisotopic (exact) mass is 329 g/mol. The van der Waals surface area contributed by atoms with Gasteiger partial charge in [0.1, 0.15) is 6.04 Å². The van der Waals surface area contributed by atoms with Gasteiger partial charge in [-0.15, -0.1) is 0 Å². The molecule has 0 aliphatic rings. The van der Waals surface area contributed by atoms with E-state index in [1.54, 1.807) is 19.3 Å². The predicted octanol–water partition coefficient (Wildman–Crippen LogP) is 3.12. The van der Waals surface area contributed by atoms with Gasteiger partial charge in [0.15, 0.2) is 11.6 Å². The molecular weight excluding hydrogens is 320 g/mol. The van der Waals surface area contributed by atoms with Gasteiger partial charge in [-0.3, -0.25) is 9.48 Å². The van der Waals surface area contributed by atoms with Gasteiger partial charge in [-0.05, 0) is 35.0 Å². The summed E-state index contributed by atoms with van der Waals surface area (Å²) in [6, 6.07) is 2.61. The molecule has 2 aromatic rings. The molecule has 0 saturated carbocycles. The lowest BCUT2D eigenvalue weighted by atomic mass is 10.2. The fourth-order valence-corrected chi connectivity index (χ4v) is 1.77. The van der Waals surface area contributed by atoms with E-state index in [1.807, 2.05) is 0 Å². The van der Waals surface area contributed by atoms with Crippen LogP contribution in [0.15, 0.2) is 35.1 Å². The number of carbonyl (C=O) groups excluding carboxylic acids is 1. The molecule has 1 amide bonds. The Balaban J connectivity index is 2.10. The molecule has 0 spiro atoms. The third-order valence-corrected chi connectivity index (χ3v) is 2.94. The summed E-state index contributed by atoms with van der Waals surface area (Å²) in [5.74, 6) is -2.34. The van der Waals surface area contributed by atoms with E-state index >= 15 is 0 Å². The van der Waals surface area contributed by atoms with Gasteiger partial charge in [-0.1, -0.05) is 0 Å². The topological polar surface area (TPSA) is 46.9 Å². The first-order valence-corrected chi connectivity index (χ1v) is 6.22. The summed E-state index contributed by atoms with van der Waals surface area (Å²) < 4.78 is 28.0. The largest absolute Gasteiger partial charge is 0.324 e. The number of amides is 1. The van der Waals surface area contributed by atoms with Crippen LogP contribution in [0.1, 0.15) is 13.0 Å². The first kappa shape index (κ1) is 13.7. The first-order chi connectivity index (χ1) is 8.97. The van der Waals surface area contributed by atoms with E-state index in [-0.39, 0.29) is 11.6 Å². The Morgan fingerprint density at radius 1 is 1.42 bits per heavy atom. The van der Waals surface area contributed by atoms with Crippen molar-refractivity contribution < 1.29 is 13.6 Å². The van der Waals surface area contributed by atoms with Crippen molar-refractivity contribution in [3.05, 3.63) is 46.7 Å². The van der Waals surface area contributed by atoms with Crippen LogP contribution in [-0.2, 0) is 4.79 Å². The number of nitrogens with zero attached hydrogens (tertiary/aromatic N) is 2. The summed E-state index contributed by atoms with van der Waals surface area (Å²) in [4.78, 5) is 11.9. The molecule has 0 saturated heterocycles. The number of aromatic nitrogens is 2. The number of halogens is 3. The Kier molecular flexibility index (Phi) is 3.94. The molecule has 1 heterocycles. The van der Waals surface area contributed by atoms with Gasteiger partial charge >= 0.3 is 0 Å². The van der Waals surface area contributed by atoms with Crippen LogP contribution in [-0.4, -0.2) is 15.7 Å². The summed E-state index contributed by atoms with van der Waals surface area (Å²) in [6.07, 6.45) is 3.21. The summed E-state index contributed by atoms with van der Waals surface area (Å²) in [7, 11) is 0. The van der Waals surface area contributed by atoms with Gasteiger partial charge in [-0.2, -0.15) is 5.10 Å². The Labute approximate surface area is 116 Å². The Morgan fingerprint density at radius 2 is 2.16 bits per heavy atom. The van der Waals surface area contributed by atoms with Crippen LogP contribution < -0.4 is 5.32 Å². The molecule has 0 aliphatic heterocycles. The molecule has 1 aromatic heterocycles. The van der Waals surface area contributed by atoms with Crippen LogP contribution in [0, 0.1) is 11.6 Å². The highest BCUT2D eigenvalue weighted by Crippen LogP contribution is 2.16. The number of nitrogens with one attached hydrogen (secondary N) is 1. The maximum Gasteiger partial charge on any atom is 0.248 e. The molecule has 0 fully saturated rings. The molecule has 4 nitrogen and oxygen atoms in total. The lowest BCUT2D eigenvalue weighted by Crippen LogP contribution is -2.24. The second-order valence-corrected chi connectivity index (χ2v) is 4.85. The molecule has 0 unspecified atom stereocenters. The average Bonchev–Trinajstić information content (AvgIpc) is 2.79. The molecule has 0 aliphatic carbocycles. The number of hydrogen-bond donors (Lipinski definition) is 1. The zero-order valence-corrected chi connectivity index (χ0v) is 11.5. The van der Waals surface area contributed by atoms with Crippen LogP contribution in [0.25, 0.3) is 0 Å². The summed E-state index contributed by atoms with van der Waals surface area (Å²) in [6.45, 7) is 1.65. The first-order valence-electron chi connectivity index (χ1n) is 5.43. The van der Waals surface area contributed by atoms with Crippen molar-refractivity contribution in [1.29, 1.82) is 0 Å². The van der Waals surface area contributed by atoms with Crippen molar-refractivity contribution in [2.24, 2.45) is 0 Å².